The Bertz CT molecular complexity index is 1060. The third kappa shape index (κ3) is 5.96. The van der Waals surface area contributed by atoms with Crippen LogP contribution in [0.25, 0.3) is 0 Å². The number of carbonyl (C=O) groups is 3. The number of hydrogen-bond donors (Lipinski definition) is 0. The van der Waals surface area contributed by atoms with Crippen LogP contribution in [0, 0.1) is 11.2 Å². The third-order valence-corrected chi connectivity index (χ3v) is 6.71. The summed E-state index contributed by atoms with van der Waals surface area (Å²) in [5.74, 6) is -1.29. The smallest absolute Gasteiger partial charge is 0.257 e. The molecule has 186 valence electrons. The summed E-state index contributed by atoms with van der Waals surface area (Å²) < 4.78 is 13.4. The molecule has 1 atom stereocenters. The van der Waals surface area contributed by atoms with Gasteiger partial charge in [0.1, 0.15) is 11.9 Å². The number of likely N-dealkylation sites (tertiary alicyclic amines) is 1. The van der Waals surface area contributed by atoms with Crippen molar-refractivity contribution in [2.45, 2.75) is 65.1 Å². The van der Waals surface area contributed by atoms with Crippen LogP contribution < -0.4 is 4.90 Å². The molecule has 0 bridgehead atoms. The number of nitrogens with zero attached hydrogens (tertiary/aromatic N) is 3. The van der Waals surface area contributed by atoms with Gasteiger partial charge in [-0.05, 0) is 48.1 Å². The molecule has 2 aromatic carbocycles. The average Bonchev–Trinajstić information content (AvgIpc) is 3.09. The quantitative estimate of drug-likeness (QED) is 0.577. The number of carbonyl (C=O) groups excluding carboxylic acids is 3. The standard InChI is InChI=1S/C28H34FN3O3/c1-28(2,3)18-26(34)31(23-13-15-30(16-14-23)19-20-7-5-4-6-8-20)24-17-25(33)32(27(24)35)22-11-9-21(29)10-12-22/h4-12,23-24H,13-19H2,1-3H3. The van der Waals surface area contributed by atoms with Crippen molar-refractivity contribution in [1.82, 2.24) is 9.80 Å². The maximum atomic E-state index is 13.5. The molecule has 4 rings (SSSR count). The van der Waals surface area contributed by atoms with E-state index >= 15 is 0 Å². The minimum absolute atomic E-state index is 0.0453. The molecule has 6 nitrogen and oxygen atoms in total. The molecule has 2 fully saturated rings. The molecule has 2 aliphatic rings. The predicted octanol–water partition coefficient (Wildman–Crippen LogP) is 4.39. The van der Waals surface area contributed by atoms with Crippen LogP contribution in [0.4, 0.5) is 10.1 Å². The van der Waals surface area contributed by atoms with E-state index in [1.54, 1.807) is 4.90 Å². The Morgan fingerprint density at radius 1 is 1.00 bits per heavy atom. The summed E-state index contributed by atoms with van der Waals surface area (Å²) in [5.41, 5.74) is 1.34. The summed E-state index contributed by atoms with van der Waals surface area (Å²) in [5, 5.41) is 0. The Labute approximate surface area is 206 Å². The lowest BCUT2D eigenvalue weighted by molar-refractivity contribution is -0.143. The number of halogens is 1. The van der Waals surface area contributed by atoms with Crippen LogP contribution >= 0.6 is 0 Å². The van der Waals surface area contributed by atoms with Crippen molar-refractivity contribution in [2.24, 2.45) is 5.41 Å². The lowest BCUT2D eigenvalue weighted by atomic mass is 9.90. The molecule has 2 aliphatic heterocycles. The van der Waals surface area contributed by atoms with Gasteiger partial charge in [0.15, 0.2) is 0 Å². The fraction of sp³-hybridized carbons (Fsp3) is 0.464. The maximum absolute atomic E-state index is 13.5. The van der Waals surface area contributed by atoms with E-state index in [2.05, 4.69) is 17.0 Å². The van der Waals surface area contributed by atoms with E-state index < -0.39 is 17.8 Å². The first-order valence-electron chi connectivity index (χ1n) is 12.3. The van der Waals surface area contributed by atoms with Crippen molar-refractivity contribution >= 4 is 23.4 Å². The molecule has 0 N–H and O–H groups in total. The number of hydrogen-bond acceptors (Lipinski definition) is 4. The molecular formula is C28H34FN3O3. The Hall–Kier alpha value is -3.06. The van der Waals surface area contributed by atoms with Crippen LogP contribution in [0.15, 0.2) is 54.6 Å². The van der Waals surface area contributed by atoms with E-state index in [1.807, 2.05) is 39.0 Å². The number of piperidine rings is 1. The van der Waals surface area contributed by atoms with Crippen LogP contribution in [0.1, 0.15) is 52.0 Å². The molecule has 0 aromatic heterocycles. The average molecular weight is 480 g/mol. The van der Waals surface area contributed by atoms with Crippen LogP contribution in [-0.2, 0) is 20.9 Å². The summed E-state index contributed by atoms with van der Waals surface area (Å²) in [7, 11) is 0. The molecule has 0 radical (unpaired) electrons. The van der Waals surface area contributed by atoms with Crippen molar-refractivity contribution in [3.8, 4) is 0 Å². The molecule has 0 saturated carbocycles. The first kappa shape index (κ1) is 25.0. The van der Waals surface area contributed by atoms with Crippen LogP contribution in [-0.4, -0.2) is 52.7 Å². The molecule has 1 unspecified atom stereocenters. The predicted molar refractivity (Wildman–Crippen MR) is 133 cm³/mol. The van der Waals surface area contributed by atoms with Crippen molar-refractivity contribution in [3.63, 3.8) is 0 Å². The van der Waals surface area contributed by atoms with E-state index in [4.69, 9.17) is 0 Å². The zero-order chi connectivity index (χ0) is 25.2. The molecular weight excluding hydrogens is 445 g/mol. The van der Waals surface area contributed by atoms with Gasteiger partial charge in [0, 0.05) is 32.1 Å². The highest BCUT2D eigenvalue weighted by atomic mass is 19.1. The van der Waals surface area contributed by atoms with E-state index in [0.717, 1.165) is 37.4 Å². The second-order valence-corrected chi connectivity index (χ2v) is 10.8. The monoisotopic (exact) mass is 479 g/mol. The largest absolute Gasteiger partial charge is 0.327 e. The minimum atomic E-state index is -0.826. The van der Waals surface area contributed by atoms with Gasteiger partial charge in [0.2, 0.25) is 11.8 Å². The van der Waals surface area contributed by atoms with Crippen molar-refractivity contribution in [1.29, 1.82) is 0 Å². The first-order valence-corrected chi connectivity index (χ1v) is 12.3. The van der Waals surface area contributed by atoms with E-state index in [1.165, 1.54) is 29.8 Å². The highest BCUT2D eigenvalue weighted by molar-refractivity contribution is 6.23. The maximum Gasteiger partial charge on any atom is 0.257 e. The number of benzene rings is 2. The Balaban J connectivity index is 1.52. The second-order valence-electron chi connectivity index (χ2n) is 10.8. The minimum Gasteiger partial charge on any atom is -0.327 e. The van der Waals surface area contributed by atoms with Gasteiger partial charge in [-0.1, -0.05) is 51.1 Å². The molecule has 2 aromatic rings. The molecule has 35 heavy (non-hydrogen) atoms. The SMILES string of the molecule is CC(C)(C)CC(=O)N(C1CCN(Cc2ccccc2)CC1)C1CC(=O)N(c2ccc(F)cc2)C1=O. The highest BCUT2D eigenvalue weighted by Crippen LogP contribution is 2.32. The Kier molecular flexibility index (Phi) is 7.36. The van der Waals surface area contributed by atoms with Crippen molar-refractivity contribution in [2.75, 3.05) is 18.0 Å². The van der Waals surface area contributed by atoms with Gasteiger partial charge < -0.3 is 4.90 Å². The summed E-state index contributed by atoms with van der Waals surface area (Å²) in [6.45, 7) is 8.47. The number of amides is 3. The van der Waals surface area contributed by atoms with E-state index in [9.17, 15) is 18.8 Å². The fourth-order valence-corrected chi connectivity index (χ4v) is 5.07. The lowest BCUT2D eigenvalue weighted by Crippen LogP contribution is -2.54. The Morgan fingerprint density at radius 3 is 2.23 bits per heavy atom. The van der Waals surface area contributed by atoms with Gasteiger partial charge >= 0.3 is 0 Å². The van der Waals surface area contributed by atoms with Crippen LogP contribution in [0.2, 0.25) is 0 Å². The Morgan fingerprint density at radius 2 is 1.63 bits per heavy atom. The van der Waals surface area contributed by atoms with Crippen molar-refractivity contribution in [3.05, 3.63) is 66.0 Å². The zero-order valence-corrected chi connectivity index (χ0v) is 20.7. The van der Waals surface area contributed by atoms with E-state index in [0.29, 0.717) is 12.1 Å². The number of anilines is 1. The summed E-state index contributed by atoms with van der Waals surface area (Å²) in [4.78, 5) is 45.1. The van der Waals surface area contributed by atoms with Gasteiger partial charge in [-0.3, -0.25) is 19.3 Å². The fourth-order valence-electron chi connectivity index (χ4n) is 5.07. The van der Waals surface area contributed by atoms with Gasteiger partial charge in [0.25, 0.3) is 5.91 Å². The topological polar surface area (TPSA) is 60.9 Å². The highest BCUT2D eigenvalue weighted by Gasteiger charge is 2.47. The van der Waals surface area contributed by atoms with Gasteiger partial charge in [-0.15, -0.1) is 0 Å². The summed E-state index contributed by atoms with van der Waals surface area (Å²) in [6, 6.07) is 14.7. The zero-order valence-electron chi connectivity index (χ0n) is 20.7. The molecule has 2 heterocycles. The van der Waals surface area contributed by atoms with Crippen molar-refractivity contribution < 1.29 is 18.8 Å². The second kappa shape index (κ2) is 10.3. The molecule has 3 amide bonds. The molecule has 2 saturated heterocycles. The van der Waals surface area contributed by atoms with E-state index in [-0.39, 0.29) is 29.7 Å². The normalized spacial score (nSPS) is 19.9. The van der Waals surface area contributed by atoms with Gasteiger partial charge in [0.05, 0.1) is 12.1 Å². The first-order chi connectivity index (χ1) is 16.6. The van der Waals surface area contributed by atoms with Crippen LogP contribution in [0.5, 0.6) is 0 Å². The number of imide groups is 1. The lowest BCUT2D eigenvalue weighted by Gasteiger charge is -2.41. The molecule has 7 heteroatoms. The molecule has 0 aliphatic carbocycles. The summed E-state index contributed by atoms with van der Waals surface area (Å²) >= 11 is 0. The van der Waals surface area contributed by atoms with Crippen LogP contribution in [0.3, 0.4) is 0 Å². The molecule has 0 spiro atoms. The van der Waals surface area contributed by atoms with Gasteiger partial charge in [-0.25, -0.2) is 9.29 Å². The summed E-state index contributed by atoms with van der Waals surface area (Å²) in [6.07, 6.45) is 1.75. The third-order valence-electron chi connectivity index (χ3n) is 6.71. The number of rotatable bonds is 6. The van der Waals surface area contributed by atoms with Gasteiger partial charge in [-0.2, -0.15) is 0 Å².